The number of rotatable bonds is 2. The molecular formula is C14H20BrF2N3. The van der Waals surface area contributed by atoms with Crippen LogP contribution < -0.4 is 0 Å². The van der Waals surface area contributed by atoms with Crippen LogP contribution in [0.25, 0.3) is 0 Å². The Bertz CT molecular complexity index is 463. The van der Waals surface area contributed by atoms with Crippen LogP contribution in [0, 0.1) is 0 Å². The van der Waals surface area contributed by atoms with Gasteiger partial charge in [-0.2, -0.15) is 5.10 Å². The minimum Gasteiger partial charge on any atom is -0.294 e. The van der Waals surface area contributed by atoms with E-state index in [1.807, 2.05) is 15.8 Å². The van der Waals surface area contributed by atoms with Gasteiger partial charge in [0.15, 0.2) is 0 Å². The zero-order chi connectivity index (χ0) is 14.2. The molecule has 1 saturated heterocycles. The van der Waals surface area contributed by atoms with Crippen molar-refractivity contribution in [1.29, 1.82) is 0 Å². The molecule has 3 rings (SSSR count). The van der Waals surface area contributed by atoms with Gasteiger partial charge in [0, 0.05) is 18.7 Å². The van der Waals surface area contributed by atoms with E-state index in [4.69, 9.17) is 0 Å². The van der Waals surface area contributed by atoms with Crippen molar-refractivity contribution >= 4 is 15.9 Å². The van der Waals surface area contributed by atoms with Crippen molar-refractivity contribution in [2.45, 2.75) is 56.5 Å². The van der Waals surface area contributed by atoms with E-state index in [-0.39, 0.29) is 19.0 Å². The molecule has 1 aliphatic carbocycles. The molecule has 2 fully saturated rings. The molecule has 1 aromatic heterocycles. The van der Waals surface area contributed by atoms with Crippen LogP contribution >= 0.6 is 15.9 Å². The maximum Gasteiger partial charge on any atom is 0.260 e. The number of alkyl halides is 2. The molecule has 0 amide bonds. The third kappa shape index (κ3) is 3.22. The van der Waals surface area contributed by atoms with Crippen LogP contribution in [0.1, 0.15) is 44.6 Å². The molecule has 0 bridgehead atoms. The topological polar surface area (TPSA) is 21.1 Å². The van der Waals surface area contributed by atoms with Gasteiger partial charge in [0.2, 0.25) is 0 Å². The largest absolute Gasteiger partial charge is 0.294 e. The minimum absolute atomic E-state index is 0.0474. The summed E-state index contributed by atoms with van der Waals surface area (Å²) in [7, 11) is 0. The number of aromatic nitrogens is 2. The van der Waals surface area contributed by atoms with Gasteiger partial charge >= 0.3 is 0 Å². The maximum atomic E-state index is 13.6. The summed E-state index contributed by atoms with van der Waals surface area (Å²) in [4.78, 5) is 2.01. The molecular weight excluding hydrogens is 328 g/mol. The highest BCUT2D eigenvalue weighted by Gasteiger charge is 2.39. The van der Waals surface area contributed by atoms with E-state index in [2.05, 4.69) is 21.0 Å². The van der Waals surface area contributed by atoms with Crippen LogP contribution in [0.3, 0.4) is 0 Å². The van der Waals surface area contributed by atoms with E-state index in [0.29, 0.717) is 12.5 Å². The molecule has 3 nitrogen and oxygen atoms in total. The Morgan fingerprint density at radius 3 is 2.75 bits per heavy atom. The SMILES string of the molecule is FC1(F)CCCN([C@H]2CCC[C@H](n3cc(Br)cn3)C2)C1. The third-order valence-electron chi connectivity index (χ3n) is 4.50. The Morgan fingerprint density at radius 1 is 1.25 bits per heavy atom. The molecule has 0 N–H and O–H groups in total. The summed E-state index contributed by atoms with van der Waals surface area (Å²) in [5.41, 5.74) is 0. The molecule has 0 aromatic carbocycles. The molecule has 1 aliphatic heterocycles. The number of hydrogen-bond donors (Lipinski definition) is 0. The number of piperidine rings is 1. The lowest BCUT2D eigenvalue weighted by molar-refractivity contribution is -0.0803. The fourth-order valence-electron chi connectivity index (χ4n) is 3.53. The van der Waals surface area contributed by atoms with E-state index in [0.717, 1.165) is 36.7 Å². The normalized spacial score (nSPS) is 31.4. The van der Waals surface area contributed by atoms with E-state index in [1.165, 1.54) is 0 Å². The predicted octanol–water partition coefficient (Wildman–Crippen LogP) is 3.86. The van der Waals surface area contributed by atoms with E-state index >= 15 is 0 Å². The molecule has 1 aromatic rings. The average molecular weight is 348 g/mol. The summed E-state index contributed by atoms with van der Waals surface area (Å²) in [6.45, 7) is 0.753. The Balaban J connectivity index is 1.66. The van der Waals surface area contributed by atoms with E-state index < -0.39 is 5.92 Å². The monoisotopic (exact) mass is 347 g/mol. The number of nitrogens with zero attached hydrogens (tertiary/aromatic N) is 3. The first-order chi connectivity index (χ1) is 9.53. The number of hydrogen-bond acceptors (Lipinski definition) is 2. The van der Waals surface area contributed by atoms with Crippen LogP contribution in [0.2, 0.25) is 0 Å². The predicted molar refractivity (Wildman–Crippen MR) is 77.0 cm³/mol. The van der Waals surface area contributed by atoms with Gasteiger partial charge in [0.05, 0.1) is 23.3 Å². The van der Waals surface area contributed by atoms with Gasteiger partial charge in [-0.1, -0.05) is 0 Å². The fraction of sp³-hybridized carbons (Fsp3) is 0.786. The highest BCUT2D eigenvalue weighted by atomic mass is 79.9. The standard InChI is InChI=1S/C14H20BrF2N3/c15-11-8-18-20(9-11)13-4-1-3-12(7-13)19-6-2-5-14(16,17)10-19/h8-9,12-13H,1-7,10H2/t12-,13-/m0/s1. The highest BCUT2D eigenvalue weighted by molar-refractivity contribution is 9.10. The molecule has 0 spiro atoms. The second kappa shape index (κ2) is 5.72. The van der Waals surface area contributed by atoms with Crippen molar-refractivity contribution in [3.05, 3.63) is 16.9 Å². The Kier molecular flexibility index (Phi) is 4.13. The molecule has 2 heterocycles. The molecule has 0 radical (unpaired) electrons. The van der Waals surface area contributed by atoms with Gasteiger partial charge in [-0.05, 0) is 54.6 Å². The molecule has 20 heavy (non-hydrogen) atoms. The average Bonchev–Trinajstić information content (AvgIpc) is 2.85. The summed E-state index contributed by atoms with van der Waals surface area (Å²) in [6.07, 6.45) is 8.59. The van der Waals surface area contributed by atoms with Gasteiger partial charge < -0.3 is 0 Å². The summed E-state index contributed by atoms with van der Waals surface area (Å²) in [5, 5.41) is 4.35. The molecule has 2 atom stereocenters. The lowest BCUT2D eigenvalue weighted by Gasteiger charge is -2.41. The highest BCUT2D eigenvalue weighted by Crippen LogP contribution is 2.35. The van der Waals surface area contributed by atoms with E-state index in [9.17, 15) is 8.78 Å². The van der Waals surface area contributed by atoms with Gasteiger partial charge in [0.25, 0.3) is 5.92 Å². The van der Waals surface area contributed by atoms with Gasteiger partial charge in [-0.15, -0.1) is 0 Å². The third-order valence-corrected chi connectivity index (χ3v) is 4.91. The Morgan fingerprint density at radius 2 is 2.05 bits per heavy atom. The van der Waals surface area contributed by atoms with Crippen LogP contribution in [0.5, 0.6) is 0 Å². The zero-order valence-corrected chi connectivity index (χ0v) is 13.0. The van der Waals surface area contributed by atoms with Crippen LogP contribution in [0.4, 0.5) is 8.78 Å². The van der Waals surface area contributed by atoms with Gasteiger partial charge in [-0.25, -0.2) is 8.78 Å². The summed E-state index contributed by atoms with van der Waals surface area (Å²) >= 11 is 3.41. The summed E-state index contributed by atoms with van der Waals surface area (Å²) < 4.78 is 30.1. The second-order valence-electron chi connectivity index (χ2n) is 6.04. The molecule has 6 heteroatoms. The van der Waals surface area contributed by atoms with Crippen molar-refractivity contribution in [2.24, 2.45) is 0 Å². The summed E-state index contributed by atoms with van der Waals surface area (Å²) in [6, 6.07) is 0.624. The number of halogens is 3. The first kappa shape index (κ1) is 14.4. The van der Waals surface area contributed by atoms with Crippen molar-refractivity contribution < 1.29 is 8.78 Å². The molecule has 1 saturated carbocycles. The fourth-order valence-corrected chi connectivity index (χ4v) is 3.83. The van der Waals surface area contributed by atoms with Gasteiger partial charge in [0.1, 0.15) is 0 Å². The summed E-state index contributed by atoms with van der Waals surface area (Å²) in [5.74, 6) is -2.50. The van der Waals surface area contributed by atoms with Crippen LogP contribution in [-0.2, 0) is 0 Å². The first-order valence-electron chi connectivity index (χ1n) is 7.35. The van der Waals surface area contributed by atoms with Crippen LogP contribution in [0.15, 0.2) is 16.9 Å². The van der Waals surface area contributed by atoms with E-state index in [1.54, 1.807) is 6.20 Å². The first-order valence-corrected chi connectivity index (χ1v) is 8.14. The van der Waals surface area contributed by atoms with Crippen molar-refractivity contribution in [3.8, 4) is 0 Å². The quantitative estimate of drug-likeness (QED) is 0.809. The lowest BCUT2D eigenvalue weighted by atomic mass is 9.88. The van der Waals surface area contributed by atoms with Crippen LogP contribution in [-0.4, -0.2) is 39.7 Å². The van der Waals surface area contributed by atoms with Gasteiger partial charge in [-0.3, -0.25) is 9.58 Å². The smallest absolute Gasteiger partial charge is 0.260 e. The minimum atomic E-state index is -2.50. The maximum absolute atomic E-state index is 13.6. The van der Waals surface area contributed by atoms with Crippen molar-refractivity contribution in [3.63, 3.8) is 0 Å². The van der Waals surface area contributed by atoms with Crippen molar-refractivity contribution in [1.82, 2.24) is 14.7 Å². The van der Waals surface area contributed by atoms with Crippen molar-refractivity contribution in [2.75, 3.05) is 13.1 Å². The zero-order valence-electron chi connectivity index (χ0n) is 11.4. The Labute approximate surface area is 126 Å². The Hall–Kier alpha value is -0.490. The molecule has 0 unspecified atom stereocenters. The molecule has 112 valence electrons. The second-order valence-corrected chi connectivity index (χ2v) is 6.96. The number of likely N-dealkylation sites (tertiary alicyclic amines) is 1. The molecule has 2 aliphatic rings. The lowest BCUT2D eigenvalue weighted by Crippen LogP contribution is -2.49.